The number of unbranched alkanes of at least 4 members (excludes halogenated alkanes) is 5. The molecule has 32 heavy (non-hydrogen) atoms. The third kappa shape index (κ3) is 5.21. The van der Waals surface area contributed by atoms with Crippen LogP contribution in [0.5, 0.6) is 0 Å². The lowest BCUT2D eigenvalue weighted by molar-refractivity contribution is 0.0697. The van der Waals surface area contributed by atoms with E-state index in [4.69, 9.17) is 4.42 Å². The van der Waals surface area contributed by atoms with Gasteiger partial charge in [-0.1, -0.05) is 46.0 Å². The average molecular weight is 459 g/mol. The smallest absolute Gasteiger partial charge is 0.335 e. The fraction of sp³-hybridized carbons (Fsp3) is 0.440. The fourth-order valence-corrected chi connectivity index (χ4v) is 5.37. The summed E-state index contributed by atoms with van der Waals surface area (Å²) in [6.45, 7) is 3.96. The Morgan fingerprint density at radius 1 is 0.938 bits per heavy atom. The van der Waals surface area contributed by atoms with Crippen LogP contribution >= 0.6 is 0 Å². The maximum Gasteiger partial charge on any atom is 0.335 e. The van der Waals surface area contributed by atoms with Gasteiger partial charge in [-0.2, -0.15) is 0 Å². The molecule has 0 atom stereocenters. The van der Waals surface area contributed by atoms with Crippen LogP contribution in [0.25, 0.3) is 21.9 Å². The molecule has 3 aromatic rings. The van der Waals surface area contributed by atoms with Crippen molar-refractivity contribution in [3.05, 3.63) is 51.7 Å². The van der Waals surface area contributed by atoms with E-state index in [1.165, 1.54) is 43.5 Å². The second-order valence-corrected chi connectivity index (χ2v) is 10.4. The van der Waals surface area contributed by atoms with Gasteiger partial charge in [0.15, 0.2) is 9.84 Å². The first-order valence-electron chi connectivity index (χ1n) is 11.3. The van der Waals surface area contributed by atoms with Crippen molar-refractivity contribution in [3.8, 4) is 0 Å². The highest BCUT2D eigenvalue weighted by Gasteiger charge is 2.20. The van der Waals surface area contributed by atoms with Gasteiger partial charge in [-0.25, -0.2) is 13.2 Å². The molecule has 1 N–H and O–H groups in total. The molecule has 172 valence electrons. The topological polar surface area (TPSA) is 102 Å². The summed E-state index contributed by atoms with van der Waals surface area (Å²) in [5.74, 6) is -1.15. The van der Waals surface area contributed by atoms with Crippen molar-refractivity contribution in [2.24, 2.45) is 0 Å². The Balaban J connectivity index is 2.13. The van der Waals surface area contributed by atoms with Crippen LogP contribution in [0, 0.1) is 0 Å². The molecule has 6 nitrogen and oxygen atoms in total. The number of rotatable bonds is 11. The number of aromatic carboxylic acids is 1. The van der Waals surface area contributed by atoms with Crippen molar-refractivity contribution < 1.29 is 22.7 Å². The normalized spacial score (nSPS) is 11.9. The first-order chi connectivity index (χ1) is 15.3. The van der Waals surface area contributed by atoms with Gasteiger partial charge in [0.1, 0.15) is 11.2 Å². The van der Waals surface area contributed by atoms with E-state index in [-0.39, 0.29) is 27.0 Å². The van der Waals surface area contributed by atoms with E-state index in [1.54, 1.807) is 13.0 Å². The molecular weight excluding hydrogens is 428 g/mol. The maximum atomic E-state index is 13.3. The molecule has 7 heteroatoms. The zero-order valence-electron chi connectivity index (χ0n) is 18.6. The molecule has 0 saturated carbocycles. The summed E-state index contributed by atoms with van der Waals surface area (Å²) in [6.07, 6.45) is 7.64. The molecule has 0 bridgehead atoms. The molecule has 1 heterocycles. The number of fused-ring (bicyclic) bond motifs is 2. The Morgan fingerprint density at radius 3 is 2.34 bits per heavy atom. The minimum absolute atomic E-state index is 0.00294. The summed E-state index contributed by atoms with van der Waals surface area (Å²) >= 11 is 0. The lowest BCUT2D eigenvalue weighted by Crippen LogP contribution is -2.10. The van der Waals surface area contributed by atoms with Crippen LogP contribution in [-0.4, -0.2) is 25.2 Å². The van der Waals surface area contributed by atoms with E-state index < -0.39 is 21.2 Å². The molecule has 0 aliphatic heterocycles. The fourth-order valence-electron chi connectivity index (χ4n) is 3.98. The average Bonchev–Trinajstić information content (AvgIpc) is 2.76. The van der Waals surface area contributed by atoms with Crippen LogP contribution in [-0.2, 0) is 16.3 Å². The number of carbonyl (C=O) groups is 1. The van der Waals surface area contributed by atoms with Crippen molar-refractivity contribution >= 4 is 37.7 Å². The predicted octanol–water partition coefficient (Wildman–Crippen LogP) is 5.73. The van der Waals surface area contributed by atoms with Gasteiger partial charge < -0.3 is 9.52 Å². The van der Waals surface area contributed by atoms with Gasteiger partial charge in [0.2, 0.25) is 5.43 Å². The summed E-state index contributed by atoms with van der Waals surface area (Å²) in [5, 5.41) is 9.58. The van der Waals surface area contributed by atoms with Crippen LogP contribution in [0.1, 0.15) is 74.7 Å². The number of carboxylic acids is 1. The Bertz CT molecular complexity index is 1290. The van der Waals surface area contributed by atoms with Crippen molar-refractivity contribution in [2.45, 2.75) is 70.1 Å². The lowest BCUT2D eigenvalue weighted by atomic mass is 10.0. The molecule has 2 aromatic carbocycles. The molecule has 0 aliphatic carbocycles. The Hall–Kier alpha value is -2.67. The molecule has 1 aromatic heterocycles. The third-order valence-corrected chi connectivity index (χ3v) is 7.60. The van der Waals surface area contributed by atoms with Crippen LogP contribution in [0.3, 0.4) is 0 Å². The van der Waals surface area contributed by atoms with Crippen molar-refractivity contribution in [1.29, 1.82) is 0 Å². The largest absolute Gasteiger partial charge is 0.478 e. The van der Waals surface area contributed by atoms with Gasteiger partial charge in [0, 0.05) is 0 Å². The zero-order valence-corrected chi connectivity index (χ0v) is 19.5. The molecule has 0 amide bonds. The highest BCUT2D eigenvalue weighted by molar-refractivity contribution is 7.91. The number of hydrogen-bond acceptors (Lipinski definition) is 5. The van der Waals surface area contributed by atoms with Gasteiger partial charge in [-0.3, -0.25) is 4.79 Å². The molecule has 0 unspecified atom stereocenters. The van der Waals surface area contributed by atoms with E-state index in [2.05, 4.69) is 6.92 Å². The molecule has 0 aliphatic rings. The molecule has 3 rings (SSSR count). The Morgan fingerprint density at radius 2 is 1.66 bits per heavy atom. The quantitative estimate of drug-likeness (QED) is 0.291. The third-order valence-electron chi connectivity index (χ3n) is 5.70. The van der Waals surface area contributed by atoms with Gasteiger partial charge >= 0.3 is 5.97 Å². The standard InChI is InChI=1S/C25H30O6S/c1-3-5-6-7-8-9-10-17-14-19(32(29,30)13-4-2)16-21-23(26)20-15-18(25(27)28)11-12-22(20)31-24(17)21/h11-12,14-16H,3-10,13H2,1-2H3,(H,27,28). The van der Waals surface area contributed by atoms with Gasteiger partial charge in [-0.15, -0.1) is 0 Å². The molecular formula is C25H30O6S. The number of hydrogen-bond donors (Lipinski definition) is 1. The van der Waals surface area contributed by atoms with Gasteiger partial charge in [0.25, 0.3) is 0 Å². The van der Waals surface area contributed by atoms with Crippen molar-refractivity contribution in [2.75, 3.05) is 5.75 Å². The first-order valence-corrected chi connectivity index (χ1v) is 12.9. The van der Waals surface area contributed by atoms with Crippen molar-refractivity contribution in [1.82, 2.24) is 0 Å². The van der Waals surface area contributed by atoms with Gasteiger partial charge in [-0.05, 0) is 55.2 Å². The summed E-state index contributed by atoms with van der Waals surface area (Å²) in [4.78, 5) is 24.7. The minimum atomic E-state index is -3.53. The van der Waals surface area contributed by atoms with Crippen LogP contribution in [0.4, 0.5) is 0 Å². The lowest BCUT2D eigenvalue weighted by Gasteiger charge is -2.11. The van der Waals surface area contributed by atoms with Crippen LogP contribution < -0.4 is 5.43 Å². The van der Waals surface area contributed by atoms with Crippen molar-refractivity contribution in [3.63, 3.8) is 0 Å². The Kier molecular flexibility index (Phi) is 7.72. The summed E-state index contributed by atoms with van der Waals surface area (Å²) in [6, 6.07) is 7.18. The van der Waals surface area contributed by atoms with E-state index in [9.17, 15) is 23.1 Å². The van der Waals surface area contributed by atoms with Crippen LogP contribution in [0.2, 0.25) is 0 Å². The molecule has 0 saturated heterocycles. The van der Waals surface area contributed by atoms with E-state index in [1.807, 2.05) is 0 Å². The molecule has 0 spiro atoms. The number of aryl methyl sites for hydroxylation is 1. The number of carboxylic acid groups (broad SMARTS) is 1. The summed E-state index contributed by atoms with van der Waals surface area (Å²) in [5.41, 5.74) is 0.942. The molecule has 0 radical (unpaired) electrons. The first kappa shape index (κ1) is 24.0. The Labute approximate surface area is 188 Å². The molecule has 0 fully saturated rings. The number of benzene rings is 2. The SMILES string of the molecule is CCCCCCCCc1cc(S(=O)(=O)CCC)cc2c(=O)c3cc(C(=O)O)ccc3oc12. The highest BCUT2D eigenvalue weighted by Crippen LogP contribution is 2.28. The summed E-state index contributed by atoms with van der Waals surface area (Å²) in [7, 11) is -3.53. The van der Waals surface area contributed by atoms with Crippen LogP contribution in [0.15, 0.2) is 44.4 Å². The predicted molar refractivity (Wildman–Crippen MR) is 126 cm³/mol. The second-order valence-electron chi connectivity index (χ2n) is 8.24. The minimum Gasteiger partial charge on any atom is -0.478 e. The monoisotopic (exact) mass is 458 g/mol. The zero-order chi connectivity index (χ0) is 23.3. The van der Waals surface area contributed by atoms with Gasteiger partial charge in [0.05, 0.1) is 27.0 Å². The van der Waals surface area contributed by atoms with E-state index >= 15 is 0 Å². The van der Waals surface area contributed by atoms with E-state index in [0.29, 0.717) is 29.6 Å². The van der Waals surface area contributed by atoms with E-state index in [0.717, 1.165) is 19.3 Å². The maximum absolute atomic E-state index is 13.3. The highest BCUT2D eigenvalue weighted by atomic mass is 32.2. The summed E-state index contributed by atoms with van der Waals surface area (Å²) < 4.78 is 31.6. The second kappa shape index (κ2) is 10.3. The number of sulfone groups is 1.